The highest BCUT2D eigenvalue weighted by molar-refractivity contribution is 5.43. The van der Waals surface area contributed by atoms with E-state index < -0.39 is 0 Å². The molecule has 0 aliphatic carbocycles. The molecule has 0 fully saturated rings. The summed E-state index contributed by atoms with van der Waals surface area (Å²) in [5, 5.41) is 9.15. The number of hydrogen-bond acceptors (Lipinski definition) is 4. The highest BCUT2D eigenvalue weighted by atomic mass is 15.0. The zero-order chi connectivity index (χ0) is 12.3. The smallest absolute Gasteiger partial charge is 0.220 e. The van der Waals surface area contributed by atoms with Crippen LogP contribution in [-0.4, -0.2) is 9.97 Å². The van der Waals surface area contributed by atoms with Gasteiger partial charge >= 0.3 is 0 Å². The molecular formula is C12H18N4. The van der Waals surface area contributed by atoms with Gasteiger partial charge in [-0.3, -0.25) is 0 Å². The Hall–Kier alpha value is -1.63. The predicted octanol–water partition coefficient (Wildman–Crippen LogP) is 2.32. The lowest BCUT2D eigenvalue weighted by Gasteiger charge is -2.25. The van der Waals surface area contributed by atoms with Crippen molar-refractivity contribution in [2.75, 3.05) is 5.73 Å². The fraction of sp³-hybridized carbons (Fsp3) is 0.583. The van der Waals surface area contributed by atoms with Crippen LogP contribution in [0.25, 0.3) is 0 Å². The van der Waals surface area contributed by atoms with Crippen LogP contribution in [-0.2, 0) is 5.41 Å². The van der Waals surface area contributed by atoms with E-state index in [0.29, 0.717) is 11.3 Å². The van der Waals surface area contributed by atoms with Gasteiger partial charge in [-0.15, -0.1) is 0 Å². The molecular weight excluding hydrogens is 200 g/mol. The van der Waals surface area contributed by atoms with Crippen molar-refractivity contribution in [3.63, 3.8) is 0 Å². The third-order valence-corrected chi connectivity index (χ3v) is 2.74. The maximum Gasteiger partial charge on any atom is 0.220 e. The van der Waals surface area contributed by atoms with Gasteiger partial charge in [-0.2, -0.15) is 5.26 Å². The minimum atomic E-state index is -0.137. The fourth-order valence-corrected chi connectivity index (χ4v) is 1.96. The lowest BCUT2D eigenvalue weighted by atomic mass is 9.82. The Kier molecular flexibility index (Phi) is 3.48. The van der Waals surface area contributed by atoms with Crippen molar-refractivity contribution < 1.29 is 0 Å². The highest BCUT2D eigenvalue weighted by Gasteiger charge is 2.26. The van der Waals surface area contributed by atoms with E-state index in [1.807, 2.05) is 0 Å². The number of aryl methyl sites for hydroxylation is 1. The maximum absolute atomic E-state index is 9.15. The summed E-state index contributed by atoms with van der Waals surface area (Å²) in [4.78, 5) is 8.26. The first-order valence-electron chi connectivity index (χ1n) is 5.47. The van der Waals surface area contributed by atoms with Gasteiger partial charge < -0.3 is 5.73 Å². The third kappa shape index (κ3) is 2.30. The molecule has 0 aromatic carbocycles. The van der Waals surface area contributed by atoms with Crippen LogP contribution in [0.3, 0.4) is 0 Å². The van der Waals surface area contributed by atoms with Crippen LogP contribution in [0.4, 0.5) is 5.95 Å². The van der Waals surface area contributed by atoms with Crippen molar-refractivity contribution in [2.45, 2.75) is 46.0 Å². The standard InChI is InChI=1S/C12H18N4/c1-5-6-12(3,4)10-9(7-13)8(2)15-11(14)16-10/h5-6H2,1-4H3,(H2,14,15,16). The Morgan fingerprint density at radius 1 is 1.38 bits per heavy atom. The third-order valence-electron chi connectivity index (χ3n) is 2.74. The van der Waals surface area contributed by atoms with Crippen LogP contribution in [0.15, 0.2) is 0 Å². The molecule has 4 heteroatoms. The summed E-state index contributed by atoms with van der Waals surface area (Å²) in [6, 6.07) is 2.18. The summed E-state index contributed by atoms with van der Waals surface area (Å²) >= 11 is 0. The second-order valence-corrected chi connectivity index (χ2v) is 4.64. The Morgan fingerprint density at radius 2 is 2.00 bits per heavy atom. The van der Waals surface area contributed by atoms with Crippen molar-refractivity contribution in [1.29, 1.82) is 5.26 Å². The molecule has 0 aliphatic heterocycles. The molecule has 4 nitrogen and oxygen atoms in total. The summed E-state index contributed by atoms with van der Waals surface area (Å²) in [6.45, 7) is 8.07. The first kappa shape index (κ1) is 12.4. The average Bonchev–Trinajstić information content (AvgIpc) is 2.16. The van der Waals surface area contributed by atoms with Gasteiger partial charge in [0.05, 0.1) is 17.0 Å². The molecule has 1 heterocycles. The summed E-state index contributed by atoms with van der Waals surface area (Å²) in [6.07, 6.45) is 2.01. The minimum Gasteiger partial charge on any atom is -0.368 e. The average molecular weight is 218 g/mol. The second kappa shape index (κ2) is 4.48. The molecule has 2 N–H and O–H groups in total. The number of nitrogen functional groups attached to an aromatic ring is 1. The van der Waals surface area contributed by atoms with Crippen molar-refractivity contribution in [3.8, 4) is 6.07 Å². The molecule has 1 aromatic rings. The molecule has 16 heavy (non-hydrogen) atoms. The quantitative estimate of drug-likeness (QED) is 0.844. The van der Waals surface area contributed by atoms with Crippen molar-refractivity contribution in [2.24, 2.45) is 0 Å². The summed E-state index contributed by atoms with van der Waals surface area (Å²) in [7, 11) is 0. The summed E-state index contributed by atoms with van der Waals surface area (Å²) in [5.74, 6) is 0.246. The maximum atomic E-state index is 9.15. The SMILES string of the molecule is CCCC(C)(C)c1nc(N)nc(C)c1C#N. The highest BCUT2D eigenvalue weighted by Crippen LogP contribution is 2.30. The monoisotopic (exact) mass is 218 g/mol. The number of anilines is 1. The lowest BCUT2D eigenvalue weighted by molar-refractivity contribution is 0.457. The largest absolute Gasteiger partial charge is 0.368 e. The van der Waals surface area contributed by atoms with Crippen molar-refractivity contribution >= 4 is 5.95 Å². The zero-order valence-corrected chi connectivity index (χ0v) is 10.3. The molecule has 0 radical (unpaired) electrons. The number of nitrogens with two attached hydrogens (primary N) is 1. The van der Waals surface area contributed by atoms with Crippen LogP contribution in [0.5, 0.6) is 0 Å². The normalized spacial score (nSPS) is 11.2. The minimum absolute atomic E-state index is 0.137. The molecule has 0 saturated carbocycles. The van der Waals surface area contributed by atoms with E-state index in [-0.39, 0.29) is 11.4 Å². The van der Waals surface area contributed by atoms with E-state index >= 15 is 0 Å². The predicted molar refractivity (Wildman–Crippen MR) is 63.8 cm³/mol. The van der Waals surface area contributed by atoms with Crippen LogP contribution < -0.4 is 5.73 Å². The molecule has 86 valence electrons. The van der Waals surface area contributed by atoms with E-state index in [4.69, 9.17) is 11.0 Å². The van der Waals surface area contributed by atoms with Crippen molar-refractivity contribution in [3.05, 3.63) is 17.0 Å². The van der Waals surface area contributed by atoms with E-state index in [1.54, 1.807) is 6.92 Å². The lowest BCUT2D eigenvalue weighted by Crippen LogP contribution is -2.22. The van der Waals surface area contributed by atoms with Crippen molar-refractivity contribution in [1.82, 2.24) is 9.97 Å². The Bertz CT molecular complexity index is 429. The van der Waals surface area contributed by atoms with Gasteiger partial charge in [0.15, 0.2) is 0 Å². The van der Waals surface area contributed by atoms with Crippen LogP contribution in [0.1, 0.15) is 50.6 Å². The van der Waals surface area contributed by atoms with E-state index in [1.165, 1.54) is 0 Å². The van der Waals surface area contributed by atoms with Gasteiger partial charge in [-0.05, 0) is 13.3 Å². The topological polar surface area (TPSA) is 75.6 Å². The first-order chi connectivity index (χ1) is 7.42. The molecule has 0 unspecified atom stereocenters. The molecule has 1 aromatic heterocycles. The molecule has 0 aliphatic rings. The molecule has 1 rings (SSSR count). The fourth-order valence-electron chi connectivity index (χ4n) is 1.96. The van der Waals surface area contributed by atoms with E-state index in [9.17, 15) is 0 Å². The van der Waals surface area contributed by atoms with Gasteiger partial charge in [0.25, 0.3) is 0 Å². The Labute approximate surface area is 96.5 Å². The first-order valence-corrected chi connectivity index (χ1v) is 5.47. The number of hydrogen-bond donors (Lipinski definition) is 1. The van der Waals surface area contributed by atoms with Crippen LogP contribution in [0, 0.1) is 18.3 Å². The number of rotatable bonds is 3. The summed E-state index contributed by atoms with van der Waals surface area (Å²) < 4.78 is 0. The van der Waals surface area contributed by atoms with Gasteiger partial charge in [0.2, 0.25) is 5.95 Å². The molecule has 0 spiro atoms. The molecule has 0 bridgehead atoms. The zero-order valence-electron chi connectivity index (χ0n) is 10.3. The van der Waals surface area contributed by atoms with Gasteiger partial charge in [-0.1, -0.05) is 27.2 Å². The van der Waals surface area contributed by atoms with Crippen LogP contribution >= 0.6 is 0 Å². The van der Waals surface area contributed by atoms with Crippen LogP contribution in [0.2, 0.25) is 0 Å². The Balaban J connectivity index is 3.38. The van der Waals surface area contributed by atoms with Gasteiger partial charge in [-0.25, -0.2) is 9.97 Å². The number of nitrogens with zero attached hydrogens (tertiary/aromatic N) is 3. The number of nitriles is 1. The van der Waals surface area contributed by atoms with Gasteiger partial charge in [0.1, 0.15) is 6.07 Å². The van der Waals surface area contributed by atoms with Gasteiger partial charge in [0, 0.05) is 5.41 Å². The molecule has 0 atom stereocenters. The summed E-state index contributed by atoms with van der Waals surface area (Å²) in [5.41, 5.74) is 7.50. The van der Waals surface area contributed by atoms with E-state index in [0.717, 1.165) is 18.5 Å². The Morgan fingerprint density at radius 3 is 2.50 bits per heavy atom. The van der Waals surface area contributed by atoms with E-state index in [2.05, 4.69) is 36.8 Å². The number of aromatic nitrogens is 2. The second-order valence-electron chi connectivity index (χ2n) is 4.64. The molecule has 0 saturated heterocycles. The molecule has 0 amide bonds.